The van der Waals surface area contributed by atoms with E-state index >= 15 is 0 Å². The Balaban J connectivity index is 1.93. The fourth-order valence-corrected chi connectivity index (χ4v) is 4.28. The smallest absolute Gasteiger partial charge is 0.0664 e. The molecule has 0 amide bonds. The van der Waals surface area contributed by atoms with Crippen LogP contribution in [0, 0.1) is 11.3 Å². The molecule has 2 rings (SSSR count). The molecule has 0 aromatic carbocycles. The first-order valence-corrected chi connectivity index (χ1v) is 7.99. The average molecular weight is 253 g/mol. The molecule has 2 aliphatic rings. The molecule has 4 atom stereocenters. The maximum absolute atomic E-state index is 6.49. The zero-order chi connectivity index (χ0) is 13.2. The molecular formula is C16H31NO. The normalized spacial score (nSPS) is 39.3. The molecule has 0 aromatic heterocycles. The van der Waals surface area contributed by atoms with Gasteiger partial charge in [0.15, 0.2) is 0 Å². The topological polar surface area (TPSA) is 21.3 Å². The molecule has 1 N–H and O–H groups in total. The zero-order valence-corrected chi connectivity index (χ0v) is 12.7. The standard InChI is InChI=1S/C16H31NO/c1-5-16(6-2)14(17-4)11-15(16)18-13-9-7-8-12(3)10-13/h12-15,17H,5-11H2,1-4H3. The van der Waals surface area contributed by atoms with Crippen LogP contribution in [0.15, 0.2) is 0 Å². The lowest BCUT2D eigenvalue weighted by atomic mass is 9.58. The van der Waals surface area contributed by atoms with Crippen molar-refractivity contribution in [2.75, 3.05) is 7.05 Å². The van der Waals surface area contributed by atoms with E-state index in [0.29, 0.717) is 23.7 Å². The van der Waals surface area contributed by atoms with Gasteiger partial charge in [-0.1, -0.05) is 33.6 Å². The lowest BCUT2D eigenvalue weighted by molar-refractivity contribution is -0.173. The molecule has 0 spiro atoms. The molecule has 2 saturated carbocycles. The second-order valence-electron chi connectivity index (χ2n) is 6.54. The SMILES string of the molecule is CCC1(CC)C(NC)CC1OC1CCCC(C)C1. The first-order chi connectivity index (χ1) is 8.66. The van der Waals surface area contributed by atoms with E-state index in [1.165, 1.54) is 44.9 Å². The fraction of sp³-hybridized carbons (Fsp3) is 1.00. The van der Waals surface area contributed by atoms with Gasteiger partial charge in [0.25, 0.3) is 0 Å². The molecule has 2 aliphatic carbocycles. The van der Waals surface area contributed by atoms with Crippen molar-refractivity contribution >= 4 is 0 Å². The van der Waals surface area contributed by atoms with E-state index < -0.39 is 0 Å². The third-order valence-electron chi connectivity index (χ3n) is 5.69. The third kappa shape index (κ3) is 2.46. The van der Waals surface area contributed by atoms with Crippen molar-refractivity contribution in [3.63, 3.8) is 0 Å². The van der Waals surface area contributed by atoms with Crippen LogP contribution in [0.3, 0.4) is 0 Å². The quantitative estimate of drug-likeness (QED) is 0.805. The molecule has 0 saturated heterocycles. The van der Waals surface area contributed by atoms with E-state index in [0.717, 1.165) is 5.92 Å². The molecular weight excluding hydrogens is 222 g/mol. The lowest BCUT2D eigenvalue weighted by Gasteiger charge is -2.56. The molecule has 4 unspecified atom stereocenters. The second-order valence-corrected chi connectivity index (χ2v) is 6.54. The van der Waals surface area contributed by atoms with Gasteiger partial charge in [-0.05, 0) is 45.1 Å². The van der Waals surface area contributed by atoms with Crippen molar-refractivity contribution in [1.82, 2.24) is 5.32 Å². The van der Waals surface area contributed by atoms with Crippen LogP contribution in [0.4, 0.5) is 0 Å². The summed E-state index contributed by atoms with van der Waals surface area (Å²) < 4.78 is 6.49. The molecule has 0 radical (unpaired) electrons. The fourth-order valence-electron chi connectivity index (χ4n) is 4.28. The summed E-state index contributed by atoms with van der Waals surface area (Å²) in [5.74, 6) is 0.863. The molecule has 106 valence electrons. The summed E-state index contributed by atoms with van der Waals surface area (Å²) in [5, 5.41) is 3.49. The molecule has 2 heteroatoms. The highest BCUT2D eigenvalue weighted by Crippen LogP contribution is 2.49. The van der Waals surface area contributed by atoms with Crippen LogP contribution in [0.25, 0.3) is 0 Å². The Kier molecular flexibility index (Phi) is 4.71. The van der Waals surface area contributed by atoms with Gasteiger partial charge in [0.05, 0.1) is 12.2 Å². The Morgan fingerprint density at radius 2 is 1.89 bits per heavy atom. The number of hydrogen-bond donors (Lipinski definition) is 1. The van der Waals surface area contributed by atoms with E-state index in [4.69, 9.17) is 4.74 Å². The summed E-state index contributed by atoms with van der Waals surface area (Å²) in [6.07, 6.45) is 10.1. The Morgan fingerprint density at radius 3 is 2.44 bits per heavy atom. The summed E-state index contributed by atoms with van der Waals surface area (Å²) in [5.41, 5.74) is 0.398. The van der Waals surface area contributed by atoms with Crippen LogP contribution in [0.5, 0.6) is 0 Å². The van der Waals surface area contributed by atoms with Crippen LogP contribution < -0.4 is 5.32 Å². The Hall–Kier alpha value is -0.0800. The van der Waals surface area contributed by atoms with Gasteiger partial charge in [0.1, 0.15) is 0 Å². The summed E-state index contributed by atoms with van der Waals surface area (Å²) in [6, 6.07) is 0.665. The van der Waals surface area contributed by atoms with Gasteiger partial charge in [-0.25, -0.2) is 0 Å². The number of rotatable bonds is 5. The highest BCUT2D eigenvalue weighted by atomic mass is 16.5. The van der Waals surface area contributed by atoms with Crippen molar-refractivity contribution < 1.29 is 4.74 Å². The van der Waals surface area contributed by atoms with Crippen LogP contribution in [0.1, 0.15) is 65.7 Å². The van der Waals surface area contributed by atoms with Crippen molar-refractivity contribution in [3.8, 4) is 0 Å². The van der Waals surface area contributed by atoms with E-state index in [-0.39, 0.29) is 0 Å². The van der Waals surface area contributed by atoms with Gasteiger partial charge in [-0.3, -0.25) is 0 Å². The number of hydrogen-bond acceptors (Lipinski definition) is 2. The first kappa shape index (κ1) is 14.3. The van der Waals surface area contributed by atoms with Gasteiger partial charge in [0.2, 0.25) is 0 Å². The lowest BCUT2D eigenvalue weighted by Crippen LogP contribution is -2.63. The van der Waals surface area contributed by atoms with Crippen LogP contribution in [-0.4, -0.2) is 25.3 Å². The monoisotopic (exact) mass is 253 g/mol. The predicted molar refractivity (Wildman–Crippen MR) is 76.8 cm³/mol. The van der Waals surface area contributed by atoms with Gasteiger partial charge in [0, 0.05) is 11.5 Å². The minimum absolute atomic E-state index is 0.398. The molecule has 2 nitrogen and oxygen atoms in total. The second kappa shape index (κ2) is 5.92. The first-order valence-electron chi connectivity index (χ1n) is 7.99. The van der Waals surface area contributed by atoms with E-state index in [9.17, 15) is 0 Å². The summed E-state index contributed by atoms with van der Waals surface area (Å²) in [6.45, 7) is 7.03. The van der Waals surface area contributed by atoms with Crippen molar-refractivity contribution in [3.05, 3.63) is 0 Å². The van der Waals surface area contributed by atoms with E-state index in [1.807, 2.05) is 0 Å². The van der Waals surface area contributed by atoms with E-state index in [1.54, 1.807) is 0 Å². The molecule has 18 heavy (non-hydrogen) atoms. The van der Waals surface area contributed by atoms with Crippen LogP contribution in [0.2, 0.25) is 0 Å². The van der Waals surface area contributed by atoms with Crippen LogP contribution in [-0.2, 0) is 4.74 Å². The zero-order valence-electron chi connectivity index (χ0n) is 12.7. The largest absolute Gasteiger partial charge is 0.374 e. The minimum Gasteiger partial charge on any atom is -0.374 e. The molecule has 0 aliphatic heterocycles. The van der Waals surface area contributed by atoms with Gasteiger partial charge >= 0.3 is 0 Å². The Morgan fingerprint density at radius 1 is 1.17 bits per heavy atom. The van der Waals surface area contributed by atoms with Crippen LogP contribution >= 0.6 is 0 Å². The summed E-state index contributed by atoms with van der Waals surface area (Å²) in [7, 11) is 2.10. The van der Waals surface area contributed by atoms with Crippen molar-refractivity contribution in [1.29, 1.82) is 0 Å². The average Bonchev–Trinajstić information content (AvgIpc) is 2.36. The molecule has 0 heterocycles. The third-order valence-corrected chi connectivity index (χ3v) is 5.69. The molecule has 0 bridgehead atoms. The van der Waals surface area contributed by atoms with E-state index in [2.05, 4.69) is 33.1 Å². The summed E-state index contributed by atoms with van der Waals surface area (Å²) in [4.78, 5) is 0. The number of nitrogens with one attached hydrogen (secondary N) is 1. The van der Waals surface area contributed by atoms with Gasteiger partial charge in [-0.15, -0.1) is 0 Å². The predicted octanol–water partition coefficient (Wildman–Crippen LogP) is 3.75. The van der Waals surface area contributed by atoms with Crippen molar-refractivity contribution in [2.45, 2.75) is 84.0 Å². The maximum Gasteiger partial charge on any atom is 0.0664 e. The highest BCUT2D eigenvalue weighted by Gasteiger charge is 2.53. The van der Waals surface area contributed by atoms with Gasteiger partial charge in [-0.2, -0.15) is 0 Å². The number of ether oxygens (including phenoxy) is 1. The molecule has 0 aromatic rings. The highest BCUT2D eigenvalue weighted by molar-refractivity contribution is 5.06. The Labute approximate surface area is 113 Å². The minimum atomic E-state index is 0.398. The van der Waals surface area contributed by atoms with Gasteiger partial charge < -0.3 is 10.1 Å². The molecule has 2 fully saturated rings. The summed E-state index contributed by atoms with van der Waals surface area (Å²) >= 11 is 0. The van der Waals surface area contributed by atoms with Crippen molar-refractivity contribution in [2.24, 2.45) is 11.3 Å². The Bertz CT molecular complexity index is 262. The maximum atomic E-state index is 6.49.